The summed E-state index contributed by atoms with van der Waals surface area (Å²) in [6.45, 7) is 6.42. The molecule has 5 rings (SSSR count). The molecule has 0 fully saturated rings. The number of hydrogen-bond donors (Lipinski definition) is 0. The maximum Gasteiger partial charge on any atom is 0.180 e. The third kappa shape index (κ3) is 2.58. The summed E-state index contributed by atoms with van der Waals surface area (Å²) in [4.78, 5) is 9.82. The van der Waals surface area contributed by atoms with Crippen molar-refractivity contribution >= 4 is 32.8 Å². The third-order valence-corrected chi connectivity index (χ3v) is 4.91. The molecular formula is C24H20N2O. The summed E-state index contributed by atoms with van der Waals surface area (Å²) < 4.78 is 6.19. The van der Waals surface area contributed by atoms with Crippen LogP contribution in [-0.4, -0.2) is 9.97 Å². The van der Waals surface area contributed by atoms with Crippen molar-refractivity contribution in [2.24, 2.45) is 0 Å². The first-order valence-corrected chi connectivity index (χ1v) is 9.20. The lowest BCUT2D eigenvalue weighted by Crippen LogP contribution is -2.16. The molecule has 0 aliphatic carbocycles. The van der Waals surface area contributed by atoms with Crippen LogP contribution in [0.15, 0.2) is 71.1 Å². The van der Waals surface area contributed by atoms with Crippen LogP contribution in [0.3, 0.4) is 0 Å². The van der Waals surface area contributed by atoms with E-state index < -0.39 is 0 Å². The van der Waals surface area contributed by atoms with Gasteiger partial charge in [-0.15, -0.1) is 0 Å². The molecule has 3 aromatic carbocycles. The Bertz CT molecular complexity index is 1310. The van der Waals surface area contributed by atoms with E-state index in [4.69, 9.17) is 14.4 Å². The number of hydrogen-bond acceptors (Lipinski definition) is 3. The van der Waals surface area contributed by atoms with E-state index in [-0.39, 0.29) is 5.41 Å². The smallest absolute Gasteiger partial charge is 0.180 e. The van der Waals surface area contributed by atoms with Crippen LogP contribution in [0.1, 0.15) is 26.6 Å². The summed E-state index contributed by atoms with van der Waals surface area (Å²) in [6.07, 6.45) is 0. The Hall–Kier alpha value is -3.20. The largest absolute Gasteiger partial charge is 0.452 e. The molecule has 2 aromatic heterocycles. The third-order valence-electron chi connectivity index (χ3n) is 4.91. The first kappa shape index (κ1) is 16.0. The van der Waals surface area contributed by atoms with Crippen LogP contribution in [0.25, 0.3) is 44.1 Å². The Morgan fingerprint density at radius 1 is 0.778 bits per heavy atom. The Kier molecular flexibility index (Phi) is 3.35. The molecule has 5 aromatic rings. The molecule has 0 bridgehead atoms. The maximum absolute atomic E-state index is 6.19. The monoisotopic (exact) mass is 352 g/mol. The fourth-order valence-electron chi connectivity index (χ4n) is 3.46. The molecule has 0 radical (unpaired) electrons. The van der Waals surface area contributed by atoms with Crippen molar-refractivity contribution in [1.29, 1.82) is 0 Å². The summed E-state index contributed by atoms with van der Waals surface area (Å²) in [5.41, 5.74) is 4.22. The molecule has 0 aliphatic rings. The zero-order valence-electron chi connectivity index (χ0n) is 15.7. The molecule has 0 atom stereocenters. The van der Waals surface area contributed by atoms with E-state index in [0.29, 0.717) is 0 Å². The standard InChI is InChI=1S/C24H20N2O/c1-24(2,3)23-25-20(17-13-12-15-8-4-5-9-16(15)14-17)22-21(26-23)18-10-6-7-11-19(18)27-22/h4-14H,1-3H3. The molecule has 0 aliphatic heterocycles. The molecule has 3 heteroatoms. The second kappa shape index (κ2) is 5.65. The molecule has 0 amide bonds. The highest BCUT2D eigenvalue weighted by molar-refractivity contribution is 6.06. The average Bonchev–Trinajstić information content (AvgIpc) is 3.05. The van der Waals surface area contributed by atoms with Gasteiger partial charge in [-0.2, -0.15) is 0 Å². The van der Waals surface area contributed by atoms with Crippen molar-refractivity contribution in [2.75, 3.05) is 0 Å². The van der Waals surface area contributed by atoms with Gasteiger partial charge in [0.1, 0.15) is 22.6 Å². The number of nitrogens with zero attached hydrogens (tertiary/aromatic N) is 2. The van der Waals surface area contributed by atoms with Crippen LogP contribution in [0.5, 0.6) is 0 Å². The maximum atomic E-state index is 6.19. The number of fused-ring (bicyclic) bond motifs is 4. The second-order valence-corrected chi connectivity index (χ2v) is 7.98. The summed E-state index contributed by atoms with van der Waals surface area (Å²) in [7, 11) is 0. The zero-order chi connectivity index (χ0) is 18.6. The molecule has 3 nitrogen and oxygen atoms in total. The van der Waals surface area contributed by atoms with Gasteiger partial charge in [0.05, 0.1) is 0 Å². The van der Waals surface area contributed by atoms with Crippen molar-refractivity contribution in [3.63, 3.8) is 0 Å². The average molecular weight is 352 g/mol. The van der Waals surface area contributed by atoms with Gasteiger partial charge in [-0.05, 0) is 29.0 Å². The Labute approximate surface area is 157 Å². The van der Waals surface area contributed by atoms with Crippen molar-refractivity contribution in [1.82, 2.24) is 9.97 Å². The van der Waals surface area contributed by atoms with Crippen LogP contribution < -0.4 is 0 Å². The first-order valence-electron chi connectivity index (χ1n) is 9.20. The Balaban J connectivity index is 1.88. The predicted molar refractivity (Wildman–Crippen MR) is 111 cm³/mol. The summed E-state index contributed by atoms with van der Waals surface area (Å²) in [5.74, 6) is 0.824. The van der Waals surface area contributed by atoms with Crippen LogP contribution >= 0.6 is 0 Å². The lowest BCUT2D eigenvalue weighted by molar-refractivity contribution is 0.547. The molecule has 27 heavy (non-hydrogen) atoms. The van der Waals surface area contributed by atoms with Crippen molar-refractivity contribution < 1.29 is 4.42 Å². The van der Waals surface area contributed by atoms with Crippen LogP contribution in [0.2, 0.25) is 0 Å². The SMILES string of the molecule is CC(C)(C)c1nc(-c2ccc3ccccc3c2)c2oc3ccccc3c2n1. The molecule has 0 N–H and O–H groups in total. The van der Waals surface area contributed by atoms with E-state index in [1.807, 2.05) is 18.2 Å². The zero-order valence-corrected chi connectivity index (χ0v) is 15.7. The molecule has 2 heterocycles. The van der Waals surface area contributed by atoms with E-state index in [1.165, 1.54) is 10.8 Å². The Morgan fingerprint density at radius 2 is 1.52 bits per heavy atom. The number of benzene rings is 3. The molecule has 0 saturated carbocycles. The number of rotatable bonds is 1. The number of aromatic nitrogens is 2. The van der Waals surface area contributed by atoms with Gasteiger partial charge in [-0.3, -0.25) is 0 Å². The van der Waals surface area contributed by atoms with E-state index >= 15 is 0 Å². The normalized spacial score (nSPS) is 12.3. The topological polar surface area (TPSA) is 38.9 Å². The van der Waals surface area contributed by atoms with Gasteiger partial charge in [0, 0.05) is 16.4 Å². The Morgan fingerprint density at radius 3 is 2.33 bits per heavy atom. The predicted octanol–water partition coefficient (Wildman–Crippen LogP) is 6.49. The lowest BCUT2D eigenvalue weighted by atomic mass is 9.95. The fourth-order valence-corrected chi connectivity index (χ4v) is 3.46. The van der Waals surface area contributed by atoms with Gasteiger partial charge in [-0.1, -0.05) is 69.3 Å². The van der Waals surface area contributed by atoms with Gasteiger partial charge in [0.25, 0.3) is 0 Å². The summed E-state index contributed by atoms with van der Waals surface area (Å²) in [6, 6.07) is 22.8. The number of furan rings is 1. The van der Waals surface area contributed by atoms with Crippen LogP contribution in [0.4, 0.5) is 0 Å². The summed E-state index contributed by atoms with van der Waals surface area (Å²) in [5, 5.41) is 3.44. The molecular weight excluding hydrogens is 332 g/mol. The van der Waals surface area contributed by atoms with Gasteiger partial charge in [0.15, 0.2) is 5.58 Å². The highest BCUT2D eigenvalue weighted by atomic mass is 16.3. The minimum atomic E-state index is -0.155. The van der Waals surface area contributed by atoms with Crippen LogP contribution in [0, 0.1) is 0 Å². The van der Waals surface area contributed by atoms with Gasteiger partial charge in [0.2, 0.25) is 0 Å². The minimum Gasteiger partial charge on any atom is -0.452 e. The van der Waals surface area contributed by atoms with Gasteiger partial charge >= 0.3 is 0 Å². The van der Waals surface area contributed by atoms with Gasteiger partial charge < -0.3 is 4.42 Å². The van der Waals surface area contributed by atoms with Crippen molar-refractivity contribution in [3.8, 4) is 11.3 Å². The van der Waals surface area contributed by atoms with E-state index in [9.17, 15) is 0 Å². The highest BCUT2D eigenvalue weighted by Gasteiger charge is 2.23. The quantitative estimate of drug-likeness (QED) is 0.346. The molecule has 0 unspecified atom stereocenters. The van der Waals surface area contributed by atoms with E-state index in [2.05, 4.69) is 69.3 Å². The first-order chi connectivity index (χ1) is 13.0. The number of para-hydroxylation sites is 1. The molecule has 0 saturated heterocycles. The minimum absolute atomic E-state index is 0.155. The van der Waals surface area contributed by atoms with E-state index in [1.54, 1.807) is 0 Å². The summed E-state index contributed by atoms with van der Waals surface area (Å²) >= 11 is 0. The fraction of sp³-hybridized carbons (Fsp3) is 0.167. The molecule has 0 spiro atoms. The van der Waals surface area contributed by atoms with E-state index in [0.717, 1.165) is 39.2 Å². The van der Waals surface area contributed by atoms with Crippen LogP contribution in [-0.2, 0) is 5.41 Å². The van der Waals surface area contributed by atoms with Gasteiger partial charge in [-0.25, -0.2) is 9.97 Å². The lowest BCUT2D eigenvalue weighted by Gasteiger charge is -2.17. The van der Waals surface area contributed by atoms with Crippen molar-refractivity contribution in [3.05, 3.63) is 72.6 Å². The highest BCUT2D eigenvalue weighted by Crippen LogP contribution is 2.36. The van der Waals surface area contributed by atoms with Crippen molar-refractivity contribution in [2.45, 2.75) is 26.2 Å². The second-order valence-electron chi connectivity index (χ2n) is 7.98. The molecule has 132 valence electrons.